The van der Waals surface area contributed by atoms with Crippen molar-refractivity contribution < 1.29 is 58.9 Å². The molecule has 0 spiro atoms. The minimum Gasteiger partial charge on any atom is -0.459 e. The van der Waals surface area contributed by atoms with Crippen molar-refractivity contribution in [3.05, 3.63) is 12.2 Å². The maximum Gasteiger partial charge on any atom is 0.462 e. The van der Waals surface area contributed by atoms with Gasteiger partial charge >= 0.3 is 36.0 Å². The molecule has 0 N–H and O–H groups in total. The monoisotopic (exact) mass is 386 g/mol. The van der Waals surface area contributed by atoms with Gasteiger partial charge in [-0.05, 0) is 0 Å². The summed E-state index contributed by atoms with van der Waals surface area (Å²) in [5.41, 5.74) is -1.99. The Labute approximate surface area is 134 Å². The number of ether oxygens (including phenoxy) is 3. The normalized spacial score (nSPS) is 26.2. The van der Waals surface area contributed by atoms with E-state index in [1.54, 1.807) is 0 Å². The minimum atomic E-state index is -5.86. The van der Waals surface area contributed by atoms with Crippen molar-refractivity contribution in [2.45, 2.75) is 43.5 Å². The van der Waals surface area contributed by atoms with Gasteiger partial charge in [0.1, 0.15) is 18.3 Å². The molecule has 1 heterocycles. The zero-order valence-corrected chi connectivity index (χ0v) is 12.3. The van der Waals surface area contributed by atoms with E-state index in [4.69, 9.17) is 0 Å². The van der Waals surface area contributed by atoms with Crippen LogP contribution in [0.3, 0.4) is 0 Å². The van der Waals surface area contributed by atoms with E-state index in [-0.39, 0.29) is 0 Å². The van der Waals surface area contributed by atoms with E-state index < -0.39 is 60.7 Å². The molecule has 0 bridgehead atoms. The summed E-state index contributed by atoms with van der Waals surface area (Å²) in [7, 11) is 0. The Balaban J connectivity index is 2.92. The van der Waals surface area contributed by atoms with E-state index >= 15 is 0 Å². The molecule has 1 saturated heterocycles. The third-order valence-electron chi connectivity index (χ3n) is 2.95. The highest BCUT2D eigenvalue weighted by molar-refractivity contribution is 5.89. The molecule has 1 aliphatic rings. The van der Waals surface area contributed by atoms with Crippen LogP contribution in [-0.2, 0) is 23.8 Å². The third-order valence-corrected chi connectivity index (χ3v) is 2.95. The van der Waals surface area contributed by atoms with E-state index in [0.717, 1.165) is 0 Å². The quantitative estimate of drug-likeness (QED) is 0.423. The highest BCUT2D eigenvalue weighted by Gasteiger charge is 2.79. The fraction of sp³-hybridized carbons (Fsp3) is 0.667. The zero-order chi connectivity index (χ0) is 19.8. The minimum absolute atomic E-state index is 0.424. The van der Waals surface area contributed by atoms with Crippen LogP contribution in [0.25, 0.3) is 0 Å². The standard InChI is InChI=1S/C12H10F8O5/c1-5(10(15,16)17)8(22)23-4-7-3-9(13,14)11(25-7,12(18,19)20)24-6(2)21/h7H,1,3-4H2,2H3. The Morgan fingerprint density at radius 3 is 2.12 bits per heavy atom. The lowest BCUT2D eigenvalue weighted by Gasteiger charge is -2.34. The Morgan fingerprint density at radius 1 is 1.20 bits per heavy atom. The van der Waals surface area contributed by atoms with Gasteiger partial charge < -0.3 is 14.2 Å². The van der Waals surface area contributed by atoms with E-state index in [2.05, 4.69) is 20.8 Å². The van der Waals surface area contributed by atoms with Crippen LogP contribution in [0.4, 0.5) is 35.1 Å². The van der Waals surface area contributed by atoms with Gasteiger partial charge in [-0.2, -0.15) is 35.1 Å². The third kappa shape index (κ3) is 4.19. The second-order valence-corrected chi connectivity index (χ2v) is 4.93. The van der Waals surface area contributed by atoms with Crippen LogP contribution < -0.4 is 0 Å². The fourth-order valence-corrected chi connectivity index (χ4v) is 1.88. The van der Waals surface area contributed by atoms with Gasteiger partial charge in [0.15, 0.2) is 0 Å². The van der Waals surface area contributed by atoms with E-state index in [1.807, 2.05) is 0 Å². The SMILES string of the molecule is C=C(C(=O)OCC1CC(F)(F)C(OC(C)=O)(C(F)(F)F)O1)C(F)(F)F. The maximum absolute atomic E-state index is 13.8. The largest absolute Gasteiger partial charge is 0.462 e. The first-order chi connectivity index (χ1) is 11.0. The molecular weight excluding hydrogens is 376 g/mol. The lowest BCUT2D eigenvalue weighted by molar-refractivity contribution is -0.407. The number of carbonyl (C=O) groups is 2. The molecule has 0 aliphatic carbocycles. The molecule has 13 heteroatoms. The second-order valence-electron chi connectivity index (χ2n) is 4.93. The van der Waals surface area contributed by atoms with Crippen LogP contribution in [0.1, 0.15) is 13.3 Å². The summed E-state index contributed by atoms with van der Waals surface area (Å²) in [5, 5.41) is 0. The number of esters is 2. The number of hydrogen-bond acceptors (Lipinski definition) is 5. The molecule has 1 fully saturated rings. The molecule has 5 nitrogen and oxygen atoms in total. The number of hydrogen-bond donors (Lipinski definition) is 0. The van der Waals surface area contributed by atoms with Gasteiger partial charge in [0.2, 0.25) is 0 Å². The van der Waals surface area contributed by atoms with Crippen LogP contribution in [0, 0.1) is 0 Å². The zero-order valence-electron chi connectivity index (χ0n) is 12.3. The summed E-state index contributed by atoms with van der Waals surface area (Å²) in [6.45, 7) is 1.42. The van der Waals surface area contributed by atoms with Crippen LogP contribution in [-0.4, -0.2) is 48.7 Å². The van der Waals surface area contributed by atoms with Gasteiger partial charge in [-0.25, -0.2) is 4.79 Å². The number of carbonyl (C=O) groups excluding carboxylic acids is 2. The first-order valence-electron chi connectivity index (χ1n) is 6.28. The first kappa shape index (κ1) is 21.1. The van der Waals surface area contributed by atoms with E-state index in [0.29, 0.717) is 6.92 Å². The van der Waals surface area contributed by atoms with E-state index in [1.165, 1.54) is 0 Å². The van der Waals surface area contributed by atoms with Gasteiger partial charge in [-0.3, -0.25) is 4.79 Å². The van der Waals surface area contributed by atoms with Crippen LogP contribution >= 0.6 is 0 Å². The molecule has 2 unspecified atom stereocenters. The average molecular weight is 386 g/mol. The molecule has 0 amide bonds. The van der Waals surface area contributed by atoms with Crippen LogP contribution in [0.5, 0.6) is 0 Å². The second kappa shape index (κ2) is 6.42. The van der Waals surface area contributed by atoms with Crippen molar-refractivity contribution in [3.8, 4) is 0 Å². The first-order valence-corrected chi connectivity index (χ1v) is 6.28. The van der Waals surface area contributed by atoms with Gasteiger partial charge in [-0.15, -0.1) is 0 Å². The number of halogens is 8. The van der Waals surface area contributed by atoms with Crippen molar-refractivity contribution >= 4 is 11.9 Å². The summed E-state index contributed by atoms with van der Waals surface area (Å²) in [6.07, 6.45) is -14.9. The Kier molecular flexibility index (Phi) is 5.43. The molecular formula is C12H10F8O5. The van der Waals surface area contributed by atoms with Crippen molar-refractivity contribution in [1.29, 1.82) is 0 Å². The predicted molar refractivity (Wildman–Crippen MR) is 61.1 cm³/mol. The predicted octanol–water partition coefficient (Wildman–Crippen LogP) is 2.89. The van der Waals surface area contributed by atoms with Gasteiger partial charge in [0.25, 0.3) is 0 Å². The number of rotatable bonds is 4. The Morgan fingerprint density at radius 2 is 1.72 bits per heavy atom. The van der Waals surface area contributed by atoms with Crippen LogP contribution in [0.2, 0.25) is 0 Å². The molecule has 0 aromatic rings. The van der Waals surface area contributed by atoms with Gasteiger partial charge in [0.05, 0.1) is 0 Å². The summed E-state index contributed by atoms with van der Waals surface area (Å²) >= 11 is 0. The van der Waals surface area contributed by atoms with Crippen molar-refractivity contribution in [2.24, 2.45) is 0 Å². The number of alkyl halides is 8. The maximum atomic E-state index is 13.8. The fourth-order valence-electron chi connectivity index (χ4n) is 1.88. The molecule has 0 aromatic heterocycles. The molecule has 0 aromatic carbocycles. The summed E-state index contributed by atoms with van der Waals surface area (Å²) in [6, 6.07) is 0. The lowest BCUT2D eigenvalue weighted by atomic mass is 10.1. The topological polar surface area (TPSA) is 61.8 Å². The van der Waals surface area contributed by atoms with Crippen LogP contribution in [0.15, 0.2) is 12.2 Å². The van der Waals surface area contributed by atoms with Gasteiger partial charge in [0, 0.05) is 13.3 Å². The Bertz CT molecular complexity index is 567. The lowest BCUT2D eigenvalue weighted by Crippen LogP contribution is -2.59. The van der Waals surface area contributed by atoms with E-state index in [9.17, 15) is 44.7 Å². The molecule has 25 heavy (non-hydrogen) atoms. The van der Waals surface area contributed by atoms with Crippen molar-refractivity contribution in [2.75, 3.05) is 6.61 Å². The smallest absolute Gasteiger partial charge is 0.459 e. The summed E-state index contributed by atoms with van der Waals surface area (Å²) < 4.78 is 115. The highest BCUT2D eigenvalue weighted by Crippen LogP contribution is 2.53. The Hall–Kier alpha value is -1.92. The van der Waals surface area contributed by atoms with Gasteiger partial charge in [-0.1, -0.05) is 6.58 Å². The van der Waals surface area contributed by atoms with Crippen molar-refractivity contribution in [1.82, 2.24) is 0 Å². The molecule has 0 radical (unpaired) electrons. The molecule has 2 atom stereocenters. The highest BCUT2D eigenvalue weighted by atomic mass is 19.4. The molecule has 1 rings (SSSR count). The summed E-state index contributed by atoms with van der Waals surface area (Å²) in [5.74, 6) is -13.2. The average Bonchev–Trinajstić information content (AvgIpc) is 2.64. The van der Waals surface area contributed by atoms with Crippen molar-refractivity contribution in [3.63, 3.8) is 0 Å². The molecule has 0 saturated carbocycles. The molecule has 144 valence electrons. The summed E-state index contributed by atoms with van der Waals surface area (Å²) in [4.78, 5) is 21.8. The molecule has 1 aliphatic heterocycles.